The van der Waals surface area contributed by atoms with Gasteiger partial charge in [0.15, 0.2) is 0 Å². The molecule has 1 aromatic heterocycles. The van der Waals surface area contributed by atoms with Gasteiger partial charge in [0.1, 0.15) is 17.7 Å². The van der Waals surface area contributed by atoms with Gasteiger partial charge in [0.2, 0.25) is 0 Å². The van der Waals surface area contributed by atoms with E-state index in [1.54, 1.807) is 12.3 Å². The summed E-state index contributed by atoms with van der Waals surface area (Å²) < 4.78 is 18.6. The second-order valence-electron chi connectivity index (χ2n) is 3.99. The van der Waals surface area contributed by atoms with Crippen LogP contribution in [0.25, 0.3) is 0 Å². The molecule has 1 unspecified atom stereocenters. The molecule has 19 heavy (non-hydrogen) atoms. The number of ether oxygens (including phenoxy) is 1. The molecular weight excluding hydrogens is 269 g/mol. The number of hydrogen-bond acceptors (Lipinski definition) is 3. The second kappa shape index (κ2) is 5.99. The summed E-state index contributed by atoms with van der Waals surface area (Å²) in [4.78, 5) is 3.98. The Balaban J connectivity index is 2.32. The van der Waals surface area contributed by atoms with Crippen molar-refractivity contribution in [3.05, 3.63) is 58.6 Å². The fourth-order valence-electron chi connectivity index (χ4n) is 1.76. The molecule has 1 atom stereocenters. The van der Waals surface area contributed by atoms with Crippen molar-refractivity contribution in [1.82, 2.24) is 4.98 Å². The minimum Gasteiger partial charge on any atom is -0.492 e. The Kier molecular flexibility index (Phi) is 4.35. The number of nitrogens with zero attached hydrogens (tertiary/aromatic N) is 1. The predicted octanol–water partition coefficient (Wildman–Crippen LogP) is 3.35. The molecule has 0 spiro atoms. The summed E-state index contributed by atoms with van der Waals surface area (Å²) in [5.74, 6) is 0.0667. The van der Waals surface area contributed by atoms with Gasteiger partial charge in [-0.05, 0) is 36.8 Å². The largest absolute Gasteiger partial charge is 0.492 e. The molecule has 5 heteroatoms. The molecule has 1 heterocycles. The Labute approximate surface area is 115 Å². The van der Waals surface area contributed by atoms with Crippen LogP contribution in [0.5, 0.6) is 5.75 Å². The van der Waals surface area contributed by atoms with E-state index in [4.69, 9.17) is 16.3 Å². The first kappa shape index (κ1) is 13.8. The quantitative estimate of drug-likeness (QED) is 0.934. The molecular formula is C14H13ClFNO2. The molecule has 1 N–H and O–H groups in total. The Morgan fingerprint density at radius 3 is 2.74 bits per heavy atom. The molecule has 0 saturated carbocycles. The van der Waals surface area contributed by atoms with E-state index in [9.17, 15) is 9.50 Å². The molecule has 0 amide bonds. The normalized spacial score (nSPS) is 12.2. The highest BCUT2D eigenvalue weighted by Gasteiger charge is 2.13. The van der Waals surface area contributed by atoms with Crippen molar-refractivity contribution < 1.29 is 14.2 Å². The maximum atomic E-state index is 13.3. The van der Waals surface area contributed by atoms with Crippen LogP contribution in [0.15, 0.2) is 36.7 Å². The Morgan fingerprint density at radius 2 is 2.05 bits per heavy atom. The highest BCUT2D eigenvalue weighted by molar-refractivity contribution is 6.30. The van der Waals surface area contributed by atoms with Crippen molar-refractivity contribution in [2.24, 2.45) is 0 Å². The van der Waals surface area contributed by atoms with Crippen LogP contribution in [-0.4, -0.2) is 16.7 Å². The van der Waals surface area contributed by atoms with Crippen molar-refractivity contribution in [3.8, 4) is 5.75 Å². The van der Waals surface area contributed by atoms with Crippen LogP contribution in [0.4, 0.5) is 4.39 Å². The van der Waals surface area contributed by atoms with E-state index in [0.717, 1.165) is 0 Å². The average molecular weight is 282 g/mol. The van der Waals surface area contributed by atoms with Gasteiger partial charge in [-0.2, -0.15) is 0 Å². The lowest BCUT2D eigenvalue weighted by molar-refractivity contribution is 0.218. The first-order chi connectivity index (χ1) is 9.10. The van der Waals surface area contributed by atoms with Crippen molar-refractivity contribution in [3.63, 3.8) is 0 Å². The van der Waals surface area contributed by atoms with Gasteiger partial charge in [0, 0.05) is 16.8 Å². The molecule has 1 aromatic carbocycles. The van der Waals surface area contributed by atoms with E-state index < -0.39 is 11.9 Å². The van der Waals surface area contributed by atoms with Gasteiger partial charge in [-0.15, -0.1) is 0 Å². The zero-order valence-corrected chi connectivity index (χ0v) is 11.1. The summed E-state index contributed by atoms with van der Waals surface area (Å²) in [7, 11) is 0. The summed E-state index contributed by atoms with van der Waals surface area (Å²) in [5.41, 5.74) is 0.896. The SMILES string of the molecule is CCOc1cncc(C(O)c2cc(F)cc(Cl)c2)c1. The maximum Gasteiger partial charge on any atom is 0.137 e. The molecule has 2 aromatic rings. The van der Waals surface area contributed by atoms with Gasteiger partial charge in [0.05, 0.1) is 12.8 Å². The first-order valence-corrected chi connectivity index (χ1v) is 6.19. The van der Waals surface area contributed by atoms with Crippen molar-refractivity contribution in [2.75, 3.05) is 6.61 Å². The van der Waals surface area contributed by atoms with Crippen molar-refractivity contribution in [2.45, 2.75) is 13.0 Å². The van der Waals surface area contributed by atoms with E-state index in [1.165, 1.54) is 24.4 Å². The molecule has 0 aliphatic heterocycles. The van der Waals surface area contributed by atoms with Crippen LogP contribution in [0.1, 0.15) is 24.2 Å². The molecule has 3 nitrogen and oxygen atoms in total. The minimum atomic E-state index is -0.999. The number of aliphatic hydroxyl groups excluding tert-OH is 1. The summed E-state index contributed by atoms with van der Waals surface area (Å²) in [6.07, 6.45) is 2.06. The van der Waals surface area contributed by atoms with Crippen LogP contribution in [0.2, 0.25) is 5.02 Å². The molecule has 0 aliphatic carbocycles. The Bertz CT molecular complexity index is 557. The van der Waals surface area contributed by atoms with Crippen molar-refractivity contribution >= 4 is 11.6 Å². The number of aliphatic hydroxyl groups is 1. The van der Waals surface area contributed by atoms with Gasteiger partial charge in [-0.1, -0.05) is 11.6 Å². The lowest BCUT2D eigenvalue weighted by Crippen LogP contribution is -2.02. The fourth-order valence-corrected chi connectivity index (χ4v) is 1.99. The zero-order valence-electron chi connectivity index (χ0n) is 10.3. The maximum absolute atomic E-state index is 13.3. The van der Waals surface area contributed by atoms with Gasteiger partial charge in [-0.25, -0.2) is 4.39 Å². The van der Waals surface area contributed by atoms with Gasteiger partial charge < -0.3 is 9.84 Å². The van der Waals surface area contributed by atoms with Crippen LogP contribution in [0, 0.1) is 5.82 Å². The lowest BCUT2D eigenvalue weighted by atomic mass is 10.0. The molecule has 0 aliphatic rings. The zero-order chi connectivity index (χ0) is 13.8. The van der Waals surface area contributed by atoms with Crippen molar-refractivity contribution in [1.29, 1.82) is 0 Å². The van der Waals surface area contributed by atoms with Crippen LogP contribution >= 0.6 is 11.6 Å². The number of hydrogen-bond donors (Lipinski definition) is 1. The standard InChI is InChI=1S/C14H13ClFNO2/c1-2-19-13-5-10(7-17-8-13)14(18)9-3-11(15)6-12(16)4-9/h3-8,14,18H,2H2,1H3. The topological polar surface area (TPSA) is 42.4 Å². The third kappa shape index (κ3) is 3.43. The number of halogens is 2. The predicted molar refractivity (Wildman–Crippen MR) is 70.9 cm³/mol. The Morgan fingerprint density at radius 1 is 1.26 bits per heavy atom. The second-order valence-corrected chi connectivity index (χ2v) is 4.43. The monoisotopic (exact) mass is 281 g/mol. The van der Waals surface area contributed by atoms with E-state index in [1.807, 2.05) is 6.92 Å². The number of pyridine rings is 1. The summed E-state index contributed by atoms with van der Waals surface area (Å²) in [6.45, 7) is 2.36. The number of rotatable bonds is 4. The van der Waals surface area contributed by atoms with Crippen LogP contribution < -0.4 is 4.74 Å². The lowest BCUT2D eigenvalue weighted by Gasteiger charge is -2.13. The first-order valence-electron chi connectivity index (χ1n) is 5.82. The number of aromatic nitrogens is 1. The summed E-state index contributed by atoms with van der Waals surface area (Å²) in [5, 5.41) is 10.5. The third-order valence-corrected chi connectivity index (χ3v) is 2.78. The summed E-state index contributed by atoms with van der Waals surface area (Å²) in [6, 6.07) is 5.61. The average Bonchev–Trinajstić information content (AvgIpc) is 2.37. The van der Waals surface area contributed by atoms with E-state index in [2.05, 4.69) is 4.98 Å². The van der Waals surface area contributed by atoms with Gasteiger partial charge >= 0.3 is 0 Å². The molecule has 0 bridgehead atoms. The Hall–Kier alpha value is -1.65. The molecule has 2 rings (SSSR count). The highest BCUT2D eigenvalue weighted by atomic mass is 35.5. The highest BCUT2D eigenvalue weighted by Crippen LogP contribution is 2.26. The molecule has 0 radical (unpaired) electrons. The van der Waals surface area contributed by atoms with E-state index in [-0.39, 0.29) is 5.02 Å². The van der Waals surface area contributed by atoms with E-state index >= 15 is 0 Å². The molecule has 100 valence electrons. The molecule has 0 fully saturated rings. The van der Waals surface area contributed by atoms with Gasteiger partial charge in [0.25, 0.3) is 0 Å². The fraction of sp³-hybridized carbons (Fsp3) is 0.214. The van der Waals surface area contributed by atoms with Crippen LogP contribution in [0.3, 0.4) is 0 Å². The summed E-state index contributed by atoms with van der Waals surface area (Å²) >= 11 is 5.77. The van der Waals surface area contributed by atoms with Gasteiger partial charge in [-0.3, -0.25) is 4.98 Å². The number of benzene rings is 1. The minimum absolute atomic E-state index is 0.239. The van der Waals surface area contributed by atoms with E-state index in [0.29, 0.717) is 23.5 Å². The molecule has 0 saturated heterocycles. The third-order valence-electron chi connectivity index (χ3n) is 2.56. The smallest absolute Gasteiger partial charge is 0.137 e. The van der Waals surface area contributed by atoms with Crippen LogP contribution in [-0.2, 0) is 0 Å².